The van der Waals surface area contributed by atoms with Crippen LogP contribution in [0.2, 0.25) is 0 Å². The van der Waals surface area contributed by atoms with E-state index in [4.69, 9.17) is 4.42 Å². The minimum Gasteiger partial charge on any atom is -0.468 e. The number of anilines is 1. The summed E-state index contributed by atoms with van der Waals surface area (Å²) >= 11 is 0. The van der Waals surface area contributed by atoms with E-state index in [2.05, 4.69) is 26.2 Å². The third-order valence-corrected chi connectivity index (χ3v) is 9.17. The summed E-state index contributed by atoms with van der Waals surface area (Å²) in [5.74, 6) is -2.49. The highest BCUT2D eigenvalue weighted by Crippen LogP contribution is 2.29. The Morgan fingerprint density at radius 3 is 2.50 bits per heavy atom. The van der Waals surface area contributed by atoms with E-state index in [-0.39, 0.29) is 47.4 Å². The van der Waals surface area contributed by atoms with Gasteiger partial charge in [0, 0.05) is 52.0 Å². The predicted molar refractivity (Wildman–Crippen MR) is 168 cm³/mol. The van der Waals surface area contributed by atoms with Crippen LogP contribution in [-0.2, 0) is 27.2 Å². The summed E-state index contributed by atoms with van der Waals surface area (Å²) < 4.78 is 20.9. The highest BCUT2D eigenvalue weighted by atomic mass is 19.1. The lowest BCUT2D eigenvalue weighted by molar-refractivity contribution is -0.137. The normalized spacial score (nSPS) is 18.6. The molecule has 248 valence electrons. The summed E-state index contributed by atoms with van der Waals surface area (Å²) in [7, 11) is 1.98. The van der Waals surface area contributed by atoms with Gasteiger partial charge in [-0.1, -0.05) is 32.3 Å². The Labute approximate surface area is 267 Å². The van der Waals surface area contributed by atoms with Crippen LogP contribution in [0.4, 0.5) is 10.1 Å². The van der Waals surface area contributed by atoms with Gasteiger partial charge in [-0.25, -0.2) is 4.39 Å². The van der Waals surface area contributed by atoms with Gasteiger partial charge in [-0.3, -0.25) is 24.0 Å². The molecule has 1 aliphatic carbocycles. The number of nitrogens with zero attached hydrogens (tertiary/aromatic N) is 2. The van der Waals surface area contributed by atoms with Crippen LogP contribution in [-0.4, -0.2) is 91.2 Å². The van der Waals surface area contributed by atoms with Crippen LogP contribution >= 0.6 is 0 Å². The van der Waals surface area contributed by atoms with Gasteiger partial charge in [-0.15, -0.1) is 0 Å². The zero-order valence-corrected chi connectivity index (χ0v) is 26.5. The molecule has 1 aromatic carbocycles. The van der Waals surface area contributed by atoms with Crippen molar-refractivity contribution in [2.24, 2.45) is 5.92 Å². The maximum atomic E-state index is 15.5. The van der Waals surface area contributed by atoms with E-state index in [0.29, 0.717) is 37.4 Å². The van der Waals surface area contributed by atoms with E-state index in [9.17, 15) is 24.0 Å². The number of benzene rings is 1. The Hall–Kier alpha value is -4.26. The molecule has 0 bridgehead atoms. The zero-order chi connectivity index (χ0) is 32.8. The van der Waals surface area contributed by atoms with Gasteiger partial charge in [0.1, 0.15) is 29.9 Å². The van der Waals surface area contributed by atoms with Gasteiger partial charge in [0.15, 0.2) is 0 Å². The van der Waals surface area contributed by atoms with E-state index in [1.54, 1.807) is 17.9 Å². The lowest BCUT2D eigenvalue weighted by atomic mass is 9.83. The smallest absolute Gasteiger partial charge is 0.256 e. The Kier molecular flexibility index (Phi) is 10.7. The van der Waals surface area contributed by atoms with E-state index < -0.39 is 35.6 Å². The maximum absolute atomic E-state index is 15.5. The molecule has 3 heterocycles. The van der Waals surface area contributed by atoms with Crippen LogP contribution in [0.3, 0.4) is 0 Å². The van der Waals surface area contributed by atoms with Crippen LogP contribution in [0.5, 0.6) is 0 Å². The highest BCUT2D eigenvalue weighted by Gasteiger charge is 2.35. The monoisotopic (exact) mass is 638 g/mol. The predicted octanol–water partition coefficient (Wildman–Crippen LogP) is 2.23. The lowest BCUT2D eigenvalue weighted by Gasteiger charge is -2.34. The first kappa shape index (κ1) is 33.1. The van der Waals surface area contributed by atoms with Crippen molar-refractivity contribution in [2.75, 3.05) is 45.1 Å². The molecule has 2 atom stereocenters. The number of carbonyl (C=O) groups excluding carboxylic acids is 5. The minimum absolute atomic E-state index is 0.0622. The molecule has 2 fully saturated rings. The third kappa shape index (κ3) is 7.75. The van der Waals surface area contributed by atoms with Crippen molar-refractivity contribution in [3.05, 3.63) is 52.7 Å². The number of hydrogen-bond donors (Lipinski definition) is 4. The quantitative estimate of drug-likeness (QED) is 0.311. The number of fused-ring (bicyclic) bond motifs is 1. The second-order valence-corrected chi connectivity index (χ2v) is 12.4. The van der Waals surface area contributed by atoms with E-state index in [1.807, 2.05) is 7.05 Å². The molecule has 46 heavy (non-hydrogen) atoms. The van der Waals surface area contributed by atoms with E-state index >= 15 is 4.39 Å². The summed E-state index contributed by atoms with van der Waals surface area (Å²) in [5, 5.41) is 10.9. The molecule has 1 aromatic heterocycles. The lowest BCUT2D eigenvalue weighted by Crippen LogP contribution is -2.54. The number of piperazine rings is 1. The van der Waals surface area contributed by atoms with Crippen LogP contribution in [0.15, 0.2) is 28.9 Å². The number of nitrogens with one attached hydrogen (secondary N) is 4. The number of rotatable bonds is 10. The molecular formula is C33H43FN6O6. The first-order valence-corrected chi connectivity index (χ1v) is 16.2. The second kappa shape index (κ2) is 14.9. The minimum atomic E-state index is -0.959. The van der Waals surface area contributed by atoms with Crippen molar-refractivity contribution in [3.8, 4) is 0 Å². The highest BCUT2D eigenvalue weighted by molar-refractivity contribution is 6.09. The first-order valence-electron chi connectivity index (χ1n) is 16.2. The van der Waals surface area contributed by atoms with Crippen molar-refractivity contribution in [3.63, 3.8) is 0 Å². The van der Waals surface area contributed by atoms with Gasteiger partial charge >= 0.3 is 0 Å². The van der Waals surface area contributed by atoms with Gasteiger partial charge < -0.3 is 35.5 Å². The summed E-state index contributed by atoms with van der Waals surface area (Å²) in [6.07, 6.45) is 6.27. The number of amides is 5. The summed E-state index contributed by atoms with van der Waals surface area (Å²) in [5.41, 5.74) is 0.655. The van der Waals surface area contributed by atoms with E-state index in [1.165, 1.54) is 18.4 Å². The fraction of sp³-hybridized carbons (Fsp3) is 0.545. The average molecular weight is 639 g/mol. The third-order valence-electron chi connectivity index (χ3n) is 9.17. The summed E-state index contributed by atoms with van der Waals surface area (Å²) in [6, 6.07) is 2.49. The number of halogens is 1. The maximum Gasteiger partial charge on any atom is 0.256 e. The molecule has 4 N–H and O–H groups in total. The SMILES string of the molecule is CCC(=O)N[C@H](Cc1ccc(NC(=O)[C@@H](NC(=O)c2coc3c2C(=O)NCC3)C2CCCCC2)c(F)c1)C(=O)N1CCN(C)CC1. The van der Waals surface area contributed by atoms with Gasteiger partial charge in [0.05, 0.1) is 16.8 Å². The summed E-state index contributed by atoms with van der Waals surface area (Å²) in [4.78, 5) is 68.9. The number of hydrogen-bond acceptors (Lipinski definition) is 7. The standard InChI is InChI=1S/C33H43FN6O6/c1-3-27(41)36-25(33(45)40-15-13-39(2)14-16-40)18-20-9-10-24(23(34)17-20)37-32(44)29(21-7-5-4-6-8-21)38-30(42)22-19-46-26-11-12-35-31(43)28(22)26/h9-10,17,19,21,25,29H,3-8,11-16,18H2,1-2H3,(H,35,43)(H,36,41)(H,37,44)(H,38,42)/t25-,29+/m1/s1. The molecular weight excluding hydrogens is 595 g/mol. The van der Waals surface area contributed by atoms with Crippen molar-refractivity contribution in [1.29, 1.82) is 0 Å². The fourth-order valence-electron chi connectivity index (χ4n) is 6.44. The van der Waals surface area contributed by atoms with Gasteiger partial charge in [-0.05, 0) is 43.5 Å². The number of carbonyl (C=O) groups is 5. The Balaban J connectivity index is 1.30. The molecule has 0 unspecified atom stereocenters. The van der Waals surface area contributed by atoms with Crippen LogP contribution in [0.25, 0.3) is 0 Å². The molecule has 12 nitrogen and oxygen atoms in total. The topological polar surface area (TPSA) is 153 Å². The van der Waals surface area contributed by atoms with Crippen LogP contribution in [0.1, 0.15) is 77.5 Å². The second-order valence-electron chi connectivity index (χ2n) is 12.4. The molecule has 2 aromatic rings. The molecule has 2 aliphatic heterocycles. The molecule has 1 saturated carbocycles. The average Bonchev–Trinajstić information content (AvgIpc) is 3.50. The largest absolute Gasteiger partial charge is 0.468 e. The molecule has 13 heteroatoms. The molecule has 0 radical (unpaired) electrons. The molecule has 1 saturated heterocycles. The van der Waals surface area contributed by atoms with Gasteiger partial charge in [0.2, 0.25) is 17.7 Å². The van der Waals surface area contributed by atoms with E-state index in [0.717, 1.165) is 45.2 Å². The first-order chi connectivity index (χ1) is 22.1. The molecule has 5 rings (SSSR count). The van der Waals surface area contributed by atoms with Gasteiger partial charge in [-0.2, -0.15) is 0 Å². The Morgan fingerprint density at radius 1 is 1.07 bits per heavy atom. The van der Waals surface area contributed by atoms with Crippen LogP contribution in [0, 0.1) is 11.7 Å². The Morgan fingerprint density at radius 2 is 1.80 bits per heavy atom. The number of furan rings is 1. The molecule has 0 spiro atoms. The van der Waals surface area contributed by atoms with Crippen molar-refractivity contribution in [1.82, 2.24) is 25.8 Å². The zero-order valence-electron chi connectivity index (χ0n) is 26.5. The van der Waals surface area contributed by atoms with Crippen molar-refractivity contribution >= 4 is 35.2 Å². The number of likely N-dealkylation sites (N-methyl/N-ethyl adjacent to an activating group) is 1. The fourth-order valence-corrected chi connectivity index (χ4v) is 6.44. The van der Waals surface area contributed by atoms with Crippen molar-refractivity contribution < 1.29 is 32.8 Å². The summed E-state index contributed by atoms with van der Waals surface area (Å²) in [6.45, 7) is 4.66. The molecule has 5 amide bonds. The van der Waals surface area contributed by atoms with Crippen molar-refractivity contribution in [2.45, 2.75) is 70.4 Å². The molecule has 3 aliphatic rings. The Bertz CT molecular complexity index is 1460. The van der Waals surface area contributed by atoms with Crippen LogP contribution < -0.4 is 21.3 Å². The van der Waals surface area contributed by atoms with Gasteiger partial charge in [0.25, 0.3) is 11.8 Å².